The van der Waals surface area contributed by atoms with Crippen LogP contribution in [-0.4, -0.2) is 56.8 Å². The largest absolute Gasteiger partial charge is 0.464 e. The van der Waals surface area contributed by atoms with Gasteiger partial charge in [0.1, 0.15) is 6.61 Å². The van der Waals surface area contributed by atoms with Gasteiger partial charge in [0.25, 0.3) is 0 Å². The average molecular weight is 478 g/mol. The first-order valence-corrected chi connectivity index (χ1v) is 11.4. The minimum absolute atomic E-state index is 0.0115. The van der Waals surface area contributed by atoms with Gasteiger partial charge < -0.3 is 23.1 Å². The Kier molecular flexibility index (Phi) is 13.8. The quantitative estimate of drug-likeness (QED) is 0.153. The van der Waals surface area contributed by atoms with Gasteiger partial charge in [-0.15, -0.1) is 0 Å². The molecular formula is C16H31IO6S. The Morgan fingerprint density at radius 2 is 1.54 bits per heavy atom. The number of carbonyl (C=O) groups is 1. The Morgan fingerprint density at radius 1 is 0.958 bits per heavy atom. The van der Waals surface area contributed by atoms with E-state index in [0.717, 1.165) is 6.42 Å². The molecule has 6 nitrogen and oxygen atoms in total. The van der Waals surface area contributed by atoms with Gasteiger partial charge in [0.05, 0.1) is 53.5 Å². The first-order valence-electron chi connectivity index (χ1n) is 8.14. The minimum Gasteiger partial charge on any atom is -0.464 e. The van der Waals surface area contributed by atoms with E-state index in [1.165, 1.54) is 9.21 Å². The molecule has 0 fully saturated rings. The molecule has 144 valence electrons. The lowest BCUT2D eigenvalue weighted by atomic mass is 10.0. The molecule has 0 aliphatic heterocycles. The second-order valence-electron chi connectivity index (χ2n) is 6.46. The monoisotopic (exact) mass is 478 g/mol. The standard InChI is InChI=1S/C16H31IO6S/c1-6-20-14(18)13-19-9-7-15(2,3)21-10-8-16(4,5)22-11-12-23-24-17/h6-13H2,1-5H3. The molecule has 0 aliphatic rings. The van der Waals surface area contributed by atoms with E-state index in [2.05, 4.69) is 21.2 Å². The Morgan fingerprint density at radius 3 is 2.12 bits per heavy atom. The van der Waals surface area contributed by atoms with Gasteiger partial charge in [-0.05, 0) is 47.5 Å². The van der Waals surface area contributed by atoms with Gasteiger partial charge in [-0.3, -0.25) is 0 Å². The van der Waals surface area contributed by atoms with Crippen molar-refractivity contribution in [2.45, 2.75) is 58.7 Å². The van der Waals surface area contributed by atoms with Gasteiger partial charge in [-0.2, -0.15) is 0 Å². The first-order chi connectivity index (χ1) is 11.2. The Balaban J connectivity index is 3.83. The molecule has 24 heavy (non-hydrogen) atoms. The summed E-state index contributed by atoms with van der Waals surface area (Å²) in [7, 11) is 1.31. The van der Waals surface area contributed by atoms with Crippen molar-refractivity contribution < 1.29 is 27.9 Å². The topological polar surface area (TPSA) is 63.2 Å². The smallest absolute Gasteiger partial charge is 0.332 e. The SMILES string of the molecule is CCOC(=O)COCCC(C)(C)OCCC(C)(C)OCCOSI. The lowest BCUT2D eigenvalue weighted by Gasteiger charge is -2.29. The highest BCUT2D eigenvalue weighted by molar-refractivity contribution is 14.2. The summed E-state index contributed by atoms with van der Waals surface area (Å²) in [6.45, 7) is 12.4. The number of esters is 1. The van der Waals surface area contributed by atoms with Crippen LogP contribution in [0.3, 0.4) is 0 Å². The van der Waals surface area contributed by atoms with Gasteiger partial charge in [-0.1, -0.05) is 0 Å². The van der Waals surface area contributed by atoms with Gasteiger partial charge in [0.15, 0.2) is 0 Å². The summed E-state index contributed by atoms with van der Waals surface area (Å²) in [5.74, 6) is -0.333. The normalized spacial score (nSPS) is 12.4. The van der Waals surface area contributed by atoms with E-state index in [4.69, 9.17) is 23.1 Å². The van der Waals surface area contributed by atoms with Crippen LogP contribution in [0.2, 0.25) is 0 Å². The molecule has 0 heterocycles. The summed E-state index contributed by atoms with van der Waals surface area (Å²) in [5, 5.41) is 0. The summed E-state index contributed by atoms with van der Waals surface area (Å²) < 4.78 is 27.0. The summed E-state index contributed by atoms with van der Waals surface area (Å²) in [6, 6.07) is 0. The van der Waals surface area contributed by atoms with Crippen LogP contribution in [0.5, 0.6) is 0 Å². The molecule has 0 rings (SSSR count). The van der Waals surface area contributed by atoms with Crippen molar-refractivity contribution in [2.75, 3.05) is 39.6 Å². The van der Waals surface area contributed by atoms with Crippen molar-refractivity contribution in [3.63, 3.8) is 0 Å². The molecule has 0 aliphatic carbocycles. The molecule has 0 unspecified atom stereocenters. The van der Waals surface area contributed by atoms with Gasteiger partial charge in [-0.25, -0.2) is 4.79 Å². The zero-order valence-electron chi connectivity index (χ0n) is 15.4. The average Bonchev–Trinajstić information content (AvgIpc) is 2.48. The second kappa shape index (κ2) is 13.6. The van der Waals surface area contributed by atoms with Crippen molar-refractivity contribution >= 4 is 36.4 Å². The second-order valence-corrected chi connectivity index (χ2v) is 7.90. The van der Waals surface area contributed by atoms with Gasteiger partial charge >= 0.3 is 5.97 Å². The van der Waals surface area contributed by atoms with Gasteiger partial charge in [0, 0.05) is 21.2 Å². The fourth-order valence-electron chi connectivity index (χ4n) is 1.78. The highest BCUT2D eigenvalue weighted by atomic mass is 127. The molecule has 0 bridgehead atoms. The minimum atomic E-state index is -0.333. The predicted molar refractivity (Wildman–Crippen MR) is 104 cm³/mol. The molecular weight excluding hydrogens is 447 g/mol. The lowest BCUT2D eigenvalue weighted by Crippen LogP contribution is -2.32. The van der Waals surface area contributed by atoms with Crippen LogP contribution in [0.15, 0.2) is 0 Å². The predicted octanol–water partition coefficient (Wildman–Crippen LogP) is 3.95. The highest BCUT2D eigenvalue weighted by Gasteiger charge is 2.22. The van der Waals surface area contributed by atoms with Crippen LogP contribution in [-0.2, 0) is 27.9 Å². The lowest BCUT2D eigenvalue weighted by molar-refractivity contribution is -0.149. The maximum absolute atomic E-state index is 11.2. The molecule has 8 heteroatoms. The van der Waals surface area contributed by atoms with Crippen molar-refractivity contribution in [2.24, 2.45) is 0 Å². The molecule has 0 aromatic rings. The maximum Gasteiger partial charge on any atom is 0.332 e. The van der Waals surface area contributed by atoms with E-state index in [9.17, 15) is 4.79 Å². The number of halogens is 1. The summed E-state index contributed by atoms with van der Waals surface area (Å²) >= 11 is 2.08. The fourth-order valence-corrected chi connectivity index (χ4v) is 2.45. The molecule has 0 aromatic carbocycles. The number of hydrogen-bond acceptors (Lipinski definition) is 7. The maximum atomic E-state index is 11.2. The van der Waals surface area contributed by atoms with E-state index < -0.39 is 0 Å². The van der Waals surface area contributed by atoms with Crippen molar-refractivity contribution in [1.82, 2.24) is 0 Å². The molecule has 0 amide bonds. The third-order valence-corrected chi connectivity index (χ3v) is 4.29. The number of carbonyl (C=O) groups excluding carboxylic acids is 1. The van der Waals surface area contributed by atoms with Crippen LogP contribution >= 0.6 is 30.4 Å². The summed E-state index contributed by atoms with van der Waals surface area (Å²) in [5.41, 5.74) is -0.568. The zero-order valence-corrected chi connectivity index (χ0v) is 18.4. The van der Waals surface area contributed by atoms with Crippen LogP contribution in [0.25, 0.3) is 0 Å². The van der Waals surface area contributed by atoms with E-state index in [1.807, 2.05) is 27.7 Å². The van der Waals surface area contributed by atoms with Crippen molar-refractivity contribution in [1.29, 1.82) is 0 Å². The number of hydrogen-bond donors (Lipinski definition) is 0. The fraction of sp³-hybridized carbons (Fsp3) is 0.938. The Bertz CT molecular complexity index is 339. The Labute approximate surface area is 162 Å². The molecule has 0 saturated carbocycles. The number of rotatable bonds is 15. The van der Waals surface area contributed by atoms with Crippen LogP contribution in [0.1, 0.15) is 47.5 Å². The van der Waals surface area contributed by atoms with Crippen LogP contribution in [0.4, 0.5) is 0 Å². The van der Waals surface area contributed by atoms with E-state index in [1.54, 1.807) is 6.92 Å². The third-order valence-electron chi connectivity index (χ3n) is 3.27. The highest BCUT2D eigenvalue weighted by Crippen LogP contribution is 2.20. The molecule has 0 aromatic heterocycles. The van der Waals surface area contributed by atoms with E-state index >= 15 is 0 Å². The van der Waals surface area contributed by atoms with Crippen molar-refractivity contribution in [3.05, 3.63) is 0 Å². The molecule has 0 atom stereocenters. The number of ether oxygens (including phenoxy) is 4. The third kappa shape index (κ3) is 14.7. The molecule has 0 radical (unpaired) electrons. The zero-order chi connectivity index (χ0) is 18.5. The Hall–Kier alpha value is 0.390. The first kappa shape index (κ1) is 24.4. The summed E-state index contributed by atoms with van der Waals surface area (Å²) in [4.78, 5) is 11.2. The molecule has 0 spiro atoms. The summed E-state index contributed by atoms with van der Waals surface area (Å²) in [6.07, 6.45) is 1.49. The van der Waals surface area contributed by atoms with Gasteiger partial charge in [0.2, 0.25) is 0 Å². The van der Waals surface area contributed by atoms with Crippen LogP contribution in [0, 0.1) is 0 Å². The van der Waals surface area contributed by atoms with Crippen molar-refractivity contribution in [3.8, 4) is 0 Å². The van der Waals surface area contributed by atoms with Crippen LogP contribution < -0.4 is 0 Å². The van der Waals surface area contributed by atoms with E-state index in [-0.39, 0.29) is 23.8 Å². The van der Waals surface area contributed by atoms with E-state index in [0.29, 0.717) is 39.5 Å². The molecule has 0 N–H and O–H groups in total. The molecule has 0 saturated heterocycles.